The van der Waals surface area contributed by atoms with Gasteiger partial charge in [-0.15, -0.1) is 0 Å². The molecule has 1 heterocycles. The van der Waals surface area contributed by atoms with Crippen molar-refractivity contribution in [2.24, 2.45) is 5.73 Å². The van der Waals surface area contributed by atoms with E-state index in [9.17, 15) is 27.9 Å². The highest BCUT2D eigenvalue weighted by Crippen LogP contribution is 2.40. The number of hydrogen-bond acceptors (Lipinski definition) is 3. The fourth-order valence-electron chi connectivity index (χ4n) is 4.66. The summed E-state index contributed by atoms with van der Waals surface area (Å²) in [6.45, 7) is 1.58. The summed E-state index contributed by atoms with van der Waals surface area (Å²) in [5.74, 6) is -1.56. The topological polar surface area (TPSA) is 94.6 Å². The zero-order valence-corrected chi connectivity index (χ0v) is 20.3. The summed E-state index contributed by atoms with van der Waals surface area (Å²) in [6.07, 6.45) is -0.854. The molecule has 3 aromatic carbocycles. The number of carbonyl (C=O) groups is 2. The lowest BCUT2D eigenvalue weighted by Gasteiger charge is -2.13. The van der Waals surface area contributed by atoms with Crippen molar-refractivity contribution in [2.45, 2.75) is 45.3 Å². The molecule has 4 rings (SSSR count). The molecule has 0 aliphatic heterocycles. The fraction of sp³-hybridized carbons (Fsp3) is 0.286. The molecule has 0 saturated heterocycles. The number of nitrogens with zero attached hydrogens (tertiary/aromatic N) is 1. The zero-order chi connectivity index (χ0) is 26.7. The normalized spacial score (nSPS) is 11.8. The van der Waals surface area contributed by atoms with Gasteiger partial charge in [-0.05, 0) is 60.4 Å². The van der Waals surface area contributed by atoms with E-state index < -0.39 is 30.2 Å². The second-order valence-corrected chi connectivity index (χ2v) is 8.98. The minimum atomic E-state index is -4.49. The Labute approximate surface area is 211 Å². The molecule has 0 aliphatic carbocycles. The maximum atomic E-state index is 13.4. The van der Waals surface area contributed by atoms with Crippen LogP contribution >= 0.6 is 0 Å². The van der Waals surface area contributed by atoms with E-state index in [0.717, 1.165) is 37.0 Å². The largest absolute Gasteiger partial charge is 0.481 e. The van der Waals surface area contributed by atoms with Gasteiger partial charge in [-0.3, -0.25) is 4.79 Å². The maximum Gasteiger partial charge on any atom is 0.416 e. The Kier molecular flexibility index (Phi) is 7.42. The number of hydrogen-bond donors (Lipinski definition) is 2. The first-order chi connectivity index (χ1) is 17.6. The van der Waals surface area contributed by atoms with Crippen molar-refractivity contribution in [3.63, 3.8) is 0 Å². The standard InChI is InChI=1S/C28H27F3N2O4/c1-2-3-4-7-17-13-22-26(23(14-17)37-16-24(34)35)25-20(27(32)36)10-6-11-21(25)33(22)15-18-8-5-9-19(12-18)28(29,30)31/h5-6,8-14H,2-4,7,15-16H2,1H3,(H2,32,36)(H,34,35). The first-order valence-corrected chi connectivity index (χ1v) is 12.0. The Morgan fingerprint density at radius 1 is 0.973 bits per heavy atom. The Balaban J connectivity index is 1.99. The van der Waals surface area contributed by atoms with E-state index in [1.165, 1.54) is 6.07 Å². The predicted molar refractivity (Wildman–Crippen MR) is 135 cm³/mol. The van der Waals surface area contributed by atoms with E-state index in [1.807, 2.05) is 10.6 Å². The van der Waals surface area contributed by atoms with Crippen LogP contribution in [0.2, 0.25) is 0 Å². The van der Waals surface area contributed by atoms with Crippen LogP contribution in [0, 0.1) is 0 Å². The lowest BCUT2D eigenvalue weighted by Crippen LogP contribution is -2.12. The molecule has 6 nitrogen and oxygen atoms in total. The number of aryl methyl sites for hydroxylation is 1. The molecule has 4 aromatic rings. The number of benzene rings is 3. The highest BCUT2D eigenvalue weighted by molar-refractivity contribution is 6.20. The molecular formula is C28H27F3N2O4. The molecule has 0 atom stereocenters. The molecule has 0 fully saturated rings. The van der Waals surface area contributed by atoms with Gasteiger partial charge in [0.05, 0.1) is 22.0 Å². The van der Waals surface area contributed by atoms with Crippen molar-refractivity contribution in [1.82, 2.24) is 4.57 Å². The number of halogens is 3. The third-order valence-electron chi connectivity index (χ3n) is 6.30. The molecule has 194 valence electrons. The van der Waals surface area contributed by atoms with Crippen LogP contribution in [0.25, 0.3) is 21.8 Å². The fourth-order valence-corrected chi connectivity index (χ4v) is 4.66. The van der Waals surface area contributed by atoms with E-state index in [0.29, 0.717) is 33.8 Å². The van der Waals surface area contributed by atoms with Crippen LogP contribution in [-0.2, 0) is 23.9 Å². The van der Waals surface area contributed by atoms with Crippen LogP contribution in [0.3, 0.4) is 0 Å². The summed E-state index contributed by atoms with van der Waals surface area (Å²) < 4.78 is 47.6. The van der Waals surface area contributed by atoms with Crippen molar-refractivity contribution in [3.8, 4) is 5.75 Å². The van der Waals surface area contributed by atoms with Crippen LogP contribution < -0.4 is 10.5 Å². The van der Waals surface area contributed by atoms with Crippen molar-refractivity contribution in [2.75, 3.05) is 6.61 Å². The van der Waals surface area contributed by atoms with Crippen molar-refractivity contribution >= 4 is 33.7 Å². The molecular weight excluding hydrogens is 485 g/mol. The molecule has 0 radical (unpaired) electrons. The van der Waals surface area contributed by atoms with Crippen LogP contribution in [0.15, 0.2) is 54.6 Å². The van der Waals surface area contributed by atoms with Gasteiger partial charge in [0, 0.05) is 17.5 Å². The summed E-state index contributed by atoms with van der Waals surface area (Å²) in [7, 11) is 0. The van der Waals surface area contributed by atoms with Crippen LogP contribution in [0.5, 0.6) is 5.75 Å². The number of carbonyl (C=O) groups excluding carboxylic acids is 1. The highest BCUT2D eigenvalue weighted by atomic mass is 19.4. The third-order valence-corrected chi connectivity index (χ3v) is 6.30. The average molecular weight is 513 g/mol. The first-order valence-electron chi connectivity index (χ1n) is 12.0. The first kappa shape index (κ1) is 26.1. The van der Waals surface area contributed by atoms with E-state index in [-0.39, 0.29) is 17.9 Å². The number of unbranched alkanes of at least 4 members (excludes halogenated alkanes) is 2. The summed E-state index contributed by atoms with van der Waals surface area (Å²) in [5, 5.41) is 10.2. The van der Waals surface area contributed by atoms with Gasteiger partial charge < -0.3 is 20.1 Å². The van der Waals surface area contributed by atoms with Gasteiger partial charge in [0.1, 0.15) is 5.75 Å². The van der Waals surface area contributed by atoms with Crippen LogP contribution in [0.1, 0.15) is 53.2 Å². The molecule has 37 heavy (non-hydrogen) atoms. The summed E-state index contributed by atoms with van der Waals surface area (Å²) in [5.41, 5.74) is 7.65. The summed E-state index contributed by atoms with van der Waals surface area (Å²) in [6, 6.07) is 13.8. The molecule has 0 aliphatic rings. The maximum absolute atomic E-state index is 13.4. The second-order valence-electron chi connectivity index (χ2n) is 8.98. The predicted octanol–water partition coefficient (Wildman–Crippen LogP) is 6.16. The molecule has 0 spiro atoms. The number of primary amides is 1. The summed E-state index contributed by atoms with van der Waals surface area (Å²) in [4.78, 5) is 23.7. The lowest BCUT2D eigenvalue weighted by molar-refractivity contribution is -0.139. The van der Waals surface area contributed by atoms with Crippen LogP contribution in [0.4, 0.5) is 13.2 Å². The minimum Gasteiger partial charge on any atom is -0.481 e. The smallest absolute Gasteiger partial charge is 0.416 e. The van der Waals surface area contributed by atoms with Gasteiger partial charge in [0.15, 0.2) is 6.61 Å². The number of rotatable bonds is 10. The zero-order valence-electron chi connectivity index (χ0n) is 20.3. The molecule has 1 amide bonds. The number of alkyl halides is 3. The molecule has 0 saturated carbocycles. The Hall–Kier alpha value is -4.01. The van der Waals surface area contributed by atoms with Gasteiger partial charge in [-0.2, -0.15) is 13.2 Å². The number of carboxylic acids is 1. The van der Waals surface area contributed by atoms with Crippen molar-refractivity contribution in [1.29, 1.82) is 0 Å². The molecule has 9 heteroatoms. The van der Waals surface area contributed by atoms with E-state index in [2.05, 4.69) is 6.92 Å². The molecule has 0 unspecified atom stereocenters. The number of carboxylic acid groups (broad SMARTS) is 1. The number of ether oxygens (including phenoxy) is 1. The third kappa shape index (κ3) is 5.55. The van der Waals surface area contributed by atoms with Crippen molar-refractivity contribution in [3.05, 3.63) is 76.9 Å². The minimum absolute atomic E-state index is 0.0862. The Morgan fingerprint density at radius 2 is 1.73 bits per heavy atom. The van der Waals surface area contributed by atoms with E-state index in [4.69, 9.17) is 10.5 Å². The van der Waals surface area contributed by atoms with Gasteiger partial charge in [-0.25, -0.2) is 4.79 Å². The Bertz CT molecular complexity index is 1470. The number of amides is 1. The van der Waals surface area contributed by atoms with Gasteiger partial charge in [-0.1, -0.05) is 38.0 Å². The Morgan fingerprint density at radius 3 is 2.41 bits per heavy atom. The second kappa shape index (κ2) is 10.5. The SMILES string of the molecule is CCCCCc1cc(OCC(=O)O)c2c3c(C(N)=O)cccc3n(Cc3cccc(C(F)(F)F)c3)c2c1. The average Bonchev–Trinajstić information content (AvgIpc) is 3.16. The van der Waals surface area contributed by atoms with E-state index in [1.54, 1.807) is 30.3 Å². The van der Waals surface area contributed by atoms with E-state index >= 15 is 0 Å². The quantitative estimate of drug-likeness (QED) is 0.249. The number of aliphatic carboxylic acids is 1. The molecule has 1 aromatic heterocycles. The number of aromatic nitrogens is 1. The monoisotopic (exact) mass is 512 g/mol. The number of fused-ring (bicyclic) bond motifs is 3. The number of nitrogens with two attached hydrogens (primary N) is 1. The van der Waals surface area contributed by atoms with Crippen molar-refractivity contribution < 1.29 is 32.6 Å². The molecule has 0 bridgehead atoms. The lowest BCUT2D eigenvalue weighted by atomic mass is 10.0. The van der Waals surface area contributed by atoms with Gasteiger partial charge >= 0.3 is 12.1 Å². The molecule has 3 N–H and O–H groups in total. The van der Waals surface area contributed by atoms with Crippen LogP contribution in [-0.4, -0.2) is 28.2 Å². The summed E-state index contributed by atoms with van der Waals surface area (Å²) >= 11 is 0. The highest BCUT2D eigenvalue weighted by Gasteiger charge is 2.30. The van der Waals surface area contributed by atoms with Gasteiger partial charge in [0.2, 0.25) is 5.91 Å². The van der Waals surface area contributed by atoms with Gasteiger partial charge in [0.25, 0.3) is 0 Å².